The number of amides is 1. The molecule has 0 saturated carbocycles. The first kappa shape index (κ1) is 33.5. The summed E-state index contributed by atoms with van der Waals surface area (Å²) in [5, 5.41) is 0.692. The van der Waals surface area contributed by atoms with Gasteiger partial charge in [-0.3, -0.25) is 4.79 Å². The number of fused-ring (bicyclic) bond motifs is 1. The average molecular weight is 624 g/mol. The van der Waals surface area contributed by atoms with Gasteiger partial charge in [0.2, 0.25) is 5.91 Å². The normalized spacial score (nSPS) is 17.6. The molecule has 1 atom stereocenters. The molecule has 9 heteroatoms. The highest BCUT2D eigenvalue weighted by atomic mass is 35.5. The number of likely N-dealkylation sites (tertiary alicyclic amines) is 2. The van der Waals surface area contributed by atoms with Gasteiger partial charge in [-0.15, -0.1) is 24.8 Å². The van der Waals surface area contributed by atoms with Crippen LogP contribution in [0.3, 0.4) is 0 Å². The highest BCUT2D eigenvalue weighted by Crippen LogP contribution is 2.25. The van der Waals surface area contributed by atoms with E-state index in [1.54, 1.807) is 0 Å². The molecular weight excluding hydrogens is 579 g/mol. The van der Waals surface area contributed by atoms with Crippen molar-refractivity contribution in [3.63, 3.8) is 0 Å². The molecule has 3 heterocycles. The molecule has 2 aromatic carbocycles. The maximum absolute atomic E-state index is 13.3. The van der Waals surface area contributed by atoms with Crippen molar-refractivity contribution in [3.8, 4) is 5.75 Å². The highest BCUT2D eigenvalue weighted by Gasteiger charge is 2.27. The minimum absolute atomic E-state index is 0. The number of hydrogen-bond donors (Lipinski definition) is 0. The van der Waals surface area contributed by atoms with E-state index in [4.69, 9.17) is 21.3 Å². The Bertz CT molecular complexity index is 1230. The zero-order chi connectivity index (χ0) is 27.0. The fourth-order valence-corrected chi connectivity index (χ4v) is 6.33. The number of unbranched alkanes of at least 4 members (excludes halogenated alkanes) is 1. The molecule has 1 aromatic heterocycles. The number of aromatic nitrogens is 2. The van der Waals surface area contributed by atoms with Crippen LogP contribution < -0.4 is 4.74 Å². The van der Waals surface area contributed by atoms with E-state index in [9.17, 15) is 4.79 Å². The molecule has 6 nitrogen and oxygen atoms in total. The van der Waals surface area contributed by atoms with Crippen LogP contribution in [0.2, 0.25) is 5.02 Å². The standard InChI is InChI=1S/C32H43ClN4O2.2ClH/c1-25-10-9-12-29-32(25)34-30(24-39-28-16-14-26(33)15-17-28)37(29)22-8-4-13-31(38)36-21-7-3-11-27(36)18-23-35-19-5-2-6-20-35;;/h9-10,12,14-17,27H,2-8,11,13,18-24H2,1H3;2*1H/t27-;;/m0../s1. The van der Waals surface area contributed by atoms with Gasteiger partial charge in [-0.25, -0.2) is 4.98 Å². The van der Waals surface area contributed by atoms with Crippen molar-refractivity contribution in [2.75, 3.05) is 26.2 Å². The van der Waals surface area contributed by atoms with Gasteiger partial charge in [0.25, 0.3) is 0 Å². The van der Waals surface area contributed by atoms with Crippen LogP contribution in [0.4, 0.5) is 0 Å². The number of rotatable bonds is 11. The second-order valence-electron chi connectivity index (χ2n) is 11.2. The van der Waals surface area contributed by atoms with Gasteiger partial charge in [0.05, 0.1) is 11.0 Å². The first-order valence-electron chi connectivity index (χ1n) is 14.9. The fourth-order valence-electron chi connectivity index (χ4n) is 6.21. The van der Waals surface area contributed by atoms with E-state index in [0.717, 1.165) is 79.9 Å². The van der Waals surface area contributed by atoms with Crippen molar-refractivity contribution in [1.82, 2.24) is 19.4 Å². The Balaban J connectivity index is 0.00000231. The zero-order valence-electron chi connectivity index (χ0n) is 24.2. The Labute approximate surface area is 262 Å². The number of para-hydroxylation sites is 1. The van der Waals surface area contributed by atoms with Gasteiger partial charge in [0.15, 0.2) is 0 Å². The van der Waals surface area contributed by atoms with E-state index in [-0.39, 0.29) is 24.8 Å². The maximum Gasteiger partial charge on any atom is 0.222 e. The van der Waals surface area contributed by atoms with Crippen LogP contribution in [0, 0.1) is 6.92 Å². The molecule has 2 aliphatic rings. The fraction of sp³-hybridized carbons (Fsp3) is 0.562. The van der Waals surface area contributed by atoms with Gasteiger partial charge in [0, 0.05) is 37.1 Å². The number of nitrogens with zero attached hydrogens (tertiary/aromatic N) is 4. The molecule has 0 N–H and O–H groups in total. The number of piperidine rings is 2. The minimum Gasteiger partial charge on any atom is -0.486 e. The number of aryl methyl sites for hydroxylation is 2. The lowest BCUT2D eigenvalue weighted by molar-refractivity contribution is -0.135. The quantitative estimate of drug-likeness (QED) is 0.204. The van der Waals surface area contributed by atoms with E-state index in [1.165, 1.54) is 38.8 Å². The van der Waals surface area contributed by atoms with Crippen molar-refractivity contribution in [3.05, 3.63) is 58.9 Å². The topological polar surface area (TPSA) is 50.6 Å². The number of hydrogen-bond acceptors (Lipinski definition) is 4. The molecule has 5 rings (SSSR count). The first-order valence-corrected chi connectivity index (χ1v) is 15.3. The number of benzene rings is 2. The van der Waals surface area contributed by atoms with Crippen LogP contribution in [0.5, 0.6) is 5.75 Å². The average Bonchev–Trinajstić information content (AvgIpc) is 3.33. The first-order chi connectivity index (χ1) is 19.1. The molecule has 2 aliphatic heterocycles. The summed E-state index contributed by atoms with van der Waals surface area (Å²) in [5.74, 6) is 2.03. The second-order valence-corrected chi connectivity index (χ2v) is 11.7. The second kappa shape index (κ2) is 16.6. The van der Waals surface area contributed by atoms with Crippen LogP contribution in [0.1, 0.15) is 75.6 Å². The van der Waals surface area contributed by atoms with Crippen LogP contribution in [0.15, 0.2) is 42.5 Å². The predicted molar refractivity (Wildman–Crippen MR) is 173 cm³/mol. The van der Waals surface area contributed by atoms with Crippen LogP contribution in [-0.2, 0) is 17.9 Å². The molecule has 0 bridgehead atoms. The highest BCUT2D eigenvalue weighted by molar-refractivity contribution is 6.30. The summed E-state index contributed by atoms with van der Waals surface area (Å²) in [7, 11) is 0. The van der Waals surface area contributed by atoms with Gasteiger partial charge in [-0.1, -0.05) is 30.2 Å². The van der Waals surface area contributed by atoms with E-state index < -0.39 is 0 Å². The largest absolute Gasteiger partial charge is 0.486 e. The monoisotopic (exact) mass is 622 g/mol. The smallest absolute Gasteiger partial charge is 0.222 e. The molecule has 41 heavy (non-hydrogen) atoms. The molecule has 2 saturated heterocycles. The Hall–Kier alpha value is -1.99. The SMILES string of the molecule is Cc1cccc2c1nc(COc1ccc(Cl)cc1)n2CCCCC(=O)N1CCCC[C@H]1CCN1CCCCC1.Cl.Cl. The lowest BCUT2D eigenvalue weighted by Gasteiger charge is -2.37. The number of ether oxygens (including phenoxy) is 1. The molecule has 0 radical (unpaired) electrons. The van der Waals surface area contributed by atoms with E-state index >= 15 is 0 Å². The predicted octanol–water partition coefficient (Wildman–Crippen LogP) is 7.85. The van der Waals surface area contributed by atoms with Crippen LogP contribution in [0.25, 0.3) is 11.0 Å². The third-order valence-electron chi connectivity index (χ3n) is 8.44. The van der Waals surface area contributed by atoms with Crippen molar-refractivity contribution in [2.24, 2.45) is 0 Å². The van der Waals surface area contributed by atoms with Gasteiger partial charge in [0.1, 0.15) is 18.2 Å². The lowest BCUT2D eigenvalue weighted by Crippen LogP contribution is -2.45. The third kappa shape index (κ3) is 9.00. The Morgan fingerprint density at radius 3 is 2.49 bits per heavy atom. The Morgan fingerprint density at radius 2 is 1.71 bits per heavy atom. The molecule has 0 unspecified atom stereocenters. The van der Waals surface area contributed by atoms with Gasteiger partial charge in [-0.2, -0.15) is 0 Å². The maximum atomic E-state index is 13.3. The van der Waals surface area contributed by atoms with Crippen LogP contribution in [-0.4, -0.2) is 57.5 Å². The lowest BCUT2D eigenvalue weighted by atomic mass is 9.97. The summed E-state index contributed by atoms with van der Waals surface area (Å²) in [5.41, 5.74) is 3.31. The molecule has 0 spiro atoms. The number of halogens is 3. The van der Waals surface area contributed by atoms with Crippen molar-refractivity contribution < 1.29 is 9.53 Å². The summed E-state index contributed by atoms with van der Waals surface area (Å²) < 4.78 is 8.32. The summed E-state index contributed by atoms with van der Waals surface area (Å²) >= 11 is 6.02. The molecule has 3 aromatic rings. The molecule has 0 aliphatic carbocycles. The van der Waals surface area contributed by atoms with Crippen molar-refractivity contribution in [2.45, 2.75) is 90.3 Å². The number of carbonyl (C=O) groups excluding carboxylic acids is 1. The van der Waals surface area contributed by atoms with Crippen molar-refractivity contribution >= 4 is 53.4 Å². The molecular formula is C32H45Cl3N4O2. The summed E-state index contributed by atoms with van der Waals surface area (Å²) in [4.78, 5) is 23.0. The molecule has 226 valence electrons. The van der Waals surface area contributed by atoms with Gasteiger partial charge >= 0.3 is 0 Å². The van der Waals surface area contributed by atoms with Gasteiger partial charge < -0.3 is 19.1 Å². The third-order valence-corrected chi connectivity index (χ3v) is 8.69. The van der Waals surface area contributed by atoms with E-state index in [0.29, 0.717) is 30.0 Å². The number of imidazole rings is 1. The zero-order valence-corrected chi connectivity index (χ0v) is 26.6. The van der Waals surface area contributed by atoms with Gasteiger partial charge in [-0.05, 0) is 107 Å². The van der Waals surface area contributed by atoms with Crippen LogP contribution >= 0.6 is 36.4 Å². The van der Waals surface area contributed by atoms with E-state index in [2.05, 4.69) is 39.5 Å². The molecule has 1 amide bonds. The Kier molecular flexibility index (Phi) is 13.6. The Morgan fingerprint density at radius 1 is 0.951 bits per heavy atom. The minimum atomic E-state index is 0. The summed E-state index contributed by atoms with van der Waals surface area (Å²) in [6.07, 6.45) is 11.2. The summed E-state index contributed by atoms with van der Waals surface area (Å²) in [6, 6.07) is 14.2. The summed E-state index contributed by atoms with van der Waals surface area (Å²) in [6.45, 7) is 7.85. The van der Waals surface area contributed by atoms with E-state index in [1.807, 2.05) is 24.3 Å². The van der Waals surface area contributed by atoms with Crippen molar-refractivity contribution in [1.29, 1.82) is 0 Å². The number of carbonyl (C=O) groups is 1. The molecule has 2 fully saturated rings.